The number of nitrogens with zero attached hydrogens (tertiary/aromatic N) is 4. The summed E-state index contributed by atoms with van der Waals surface area (Å²) in [6, 6.07) is 18.5. The zero-order chi connectivity index (χ0) is 25.5. The molecule has 1 N–H and O–H groups in total. The molecule has 1 amide bonds. The van der Waals surface area contributed by atoms with Crippen molar-refractivity contribution in [3.05, 3.63) is 77.7 Å². The molecule has 0 bridgehead atoms. The summed E-state index contributed by atoms with van der Waals surface area (Å²) in [6.07, 6.45) is 0.826. The molecule has 2 aromatic heterocycles. The van der Waals surface area contributed by atoms with Gasteiger partial charge in [-0.3, -0.25) is 9.69 Å². The Labute approximate surface area is 212 Å². The molecule has 0 aliphatic rings. The van der Waals surface area contributed by atoms with E-state index in [1.54, 1.807) is 36.0 Å². The quantitative estimate of drug-likeness (QED) is 0.264. The number of methoxy groups -OCH3 is 1. The number of thioether (sulfide) groups is 1. The predicted molar refractivity (Wildman–Crippen MR) is 136 cm³/mol. The summed E-state index contributed by atoms with van der Waals surface area (Å²) in [5, 5.41) is 8.92. The van der Waals surface area contributed by atoms with E-state index < -0.39 is 12.1 Å². The summed E-state index contributed by atoms with van der Waals surface area (Å²) in [4.78, 5) is 39.1. The minimum Gasteiger partial charge on any atom is -0.469 e. The van der Waals surface area contributed by atoms with Gasteiger partial charge in [0.2, 0.25) is 0 Å². The molecule has 9 nitrogen and oxygen atoms in total. The molecule has 0 saturated heterocycles. The number of benzene rings is 2. The van der Waals surface area contributed by atoms with Gasteiger partial charge >= 0.3 is 12.1 Å². The van der Waals surface area contributed by atoms with Crippen molar-refractivity contribution in [3.63, 3.8) is 0 Å². The highest BCUT2D eigenvalue weighted by atomic mass is 32.2. The van der Waals surface area contributed by atoms with Gasteiger partial charge in [0.05, 0.1) is 42.6 Å². The van der Waals surface area contributed by atoms with E-state index in [9.17, 15) is 9.59 Å². The molecule has 36 heavy (non-hydrogen) atoms. The van der Waals surface area contributed by atoms with Gasteiger partial charge in [-0.15, -0.1) is 11.8 Å². The zero-order valence-electron chi connectivity index (χ0n) is 19.7. The van der Waals surface area contributed by atoms with Crippen LogP contribution in [0.4, 0.5) is 10.5 Å². The highest BCUT2D eigenvalue weighted by molar-refractivity contribution is 7.98. The first-order chi connectivity index (χ1) is 17.4. The molecule has 0 saturated carbocycles. The van der Waals surface area contributed by atoms with Gasteiger partial charge in [-0.25, -0.2) is 14.8 Å². The zero-order valence-corrected chi connectivity index (χ0v) is 20.5. The van der Waals surface area contributed by atoms with Crippen LogP contribution in [0.3, 0.4) is 0 Å². The number of pyridine rings is 1. The normalized spacial score (nSPS) is 10.6. The van der Waals surface area contributed by atoms with Gasteiger partial charge in [0.1, 0.15) is 5.82 Å². The van der Waals surface area contributed by atoms with Crippen molar-refractivity contribution in [3.8, 4) is 11.8 Å². The van der Waals surface area contributed by atoms with Gasteiger partial charge in [-0.05, 0) is 48.9 Å². The summed E-state index contributed by atoms with van der Waals surface area (Å²) >= 11 is 1.57. The molecule has 2 aromatic carbocycles. The largest absolute Gasteiger partial charge is 0.469 e. The molecule has 0 radical (unpaired) electrons. The van der Waals surface area contributed by atoms with Crippen LogP contribution in [0.25, 0.3) is 11.2 Å². The first-order valence-electron chi connectivity index (χ1n) is 11.1. The third-order valence-corrected chi connectivity index (χ3v) is 6.25. The van der Waals surface area contributed by atoms with E-state index in [-0.39, 0.29) is 18.7 Å². The van der Waals surface area contributed by atoms with Crippen molar-refractivity contribution < 1.29 is 19.1 Å². The molecular weight excluding hydrogens is 478 g/mol. The van der Waals surface area contributed by atoms with E-state index in [1.165, 1.54) is 18.2 Å². The molecule has 0 spiro atoms. The molecule has 0 fully saturated rings. The van der Waals surface area contributed by atoms with E-state index in [0.29, 0.717) is 28.2 Å². The van der Waals surface area contributed by atoms with E-state index >= 15 is 0 Å². The Kier molecular flexibility index (Phi) is 7.82. The van der Waals surface area contributed by atoms with Gasteiger partial charge in [0, 0.05) is 23.2 Å². The first-order valence-corrected chi connectivity index (χ1v) is 12.0. The molecule has 182 valence electrons. The van der Waals surface area contributed by atoms with Crippen molar-refractivity contribution in [2.45, 2.75) is 24.0 Å². The van der Waals surface area contributed by atoms with Crippen LogP contribution in [0.5, 0.6) is 5.75 Å². The van der Waals surface area contributed by atoms with Crippen molar-refractivity contribution in [1.29, 1.82) is 5.26 Å². The molecule has 0 unspecified atom stereocenters. The fraction of sp³-hybridized carbons (Fsp3) is 0.192. The highest BCUT2D eigenvalue weighted by Gasteiger charge is 2.20. The molecular formula is C26H23N5O4S. The molecule has 10 heteroatoms. The maximum absolute atomic E-state index is 13.0. The second kappa shape index (κ2) is 11.4. The van der Waals surface area contributed by atoms with Crippen molar-refractivity contribution >= 4 is 40.7 Å². The number of imidazole rings is 1. The maximum atomic E-state index is 13.0. The molecule has 0 aliphatic heterocycles. The van der Waals surface area contributed by atoms with E-state index in [2.05, 4.69) is 21.0 Å². The number of esters is 1. The maximum Gasteiger partial charge on any atom is 0.419 e. The van der Waals surface area contributed by atoms with Crippen LogP contribution in [0.1, 0.15) is 23.4 Å². The van der Waals surface area contributed by atoms with Crippen LogP contribution in [-0.4, -0.2) is 40.7 Å². The van der Waals surface area contributed by atoms with Crippen molar-refractivity contribution in [2.75, 3.05) is 18.6 Å². The van der Waals surface area contributed by atoms with Crippen LogP contribution >= 0.6 is 11.8 Å². The number of hydrogen-bond acceptors (Lipinski definition) is 8. The standard InChI is InChI=1S/C26H23N5O4S/c1-17-4-3-5-19(12-17)31(11-10-24(32)34-2)26(33)35-20-13-22-25(28-15-20)30-23(29-22)16-36-21-8-6-18(14-27)7-9-21/h3-9,12-13,15H,10-11,16H2,1-2H3,(H,28,29,30). The number of aryl methyl sites for hydroxylation is 1. The topological polar surface area (TPSA) is 121 Å². The molecule has 0 aliphatic carbocycles. The number of H-pyrrole nitrogens is 1. The van der Waals surface area contributed by atoms with Crippen LogP contribution in [0.2, 0.25) is 0 Å². The van der Waals surface area contributed by atoms with E-state index in [4.69, 9.17) is 14.7 Å². The number of carbonyl (C=O) groups is 2. The second-order valence-corrected chi connectivity index (χ2v) is 8.88. The number of nitriles is 1. The van der Waals surface area contributed by atoms with E-state index in [0.717, 1.165) is 16.3 Å². The lowest BCUT2D eigenvalue weighted by molar-refractivity contribution is -0.140. The number of carbonyl (C=O) groups excluding carboxylic acids is 2. The Balaban J connectivity index is 1.46. The number of aromatic amines is 1. The number of amides is 1. The number of ether oxygens (including phenoxy) is 2. The minimum atomic E-state index is -0.637. The fourth-order valence-electron chi connectivity index (χ4n) is 3.41. The molecule has 4 rings (SSSR count). The molecule has 2 heterocycles. The number of aromatic nitrogens is 3. The average molecular weight is 502 g/mol. The molecule has 4 aromatic rings. The second-order valence-electron chi connectivity index (χ2n) is 7.84. The number of nitrogens with one attached hydrogen (secondary N) is 1. The summed E-state index contributed by atoms with van der Waals surface area (Å²) < 4.78 is 10.3. The van der Waals surface area contributed by atoms with Crippen LogP contribution in [-0.2, 0) is 15.3 Å². The van der Waals surface area contributed by atoms with Gasteiger partial charge in [-0.1, -0.05) is 12.1 Å². The number of rotatable bonds is 8. The molecule has 0 atom stereocenters. The minimum absolute atomic E-state index is 0.0254. The van der Waals surface area contributed by atoms with Crippen LogP contribution in [0.15, 0.2) is 65.7 Å². The number of anilines is 1. The van der Waals surface area contributed by atoms with E-state index in [1.807, 2.05) is 37.3 Å². The Morgan fingerprint density at radius 3 is 2.69 bits per heavy atom. The summed E-state index contributed by atoms with van der Waals surface area (Å²) in [5.74, 6) is 1.12. The lowest BCUT2D eigenvalue weighted by Crippen LogP contribution is -2.35. The lowest BCUT2D eigenvalue weighted by Gasteiger charge is -2.22. The Bertz CT molecular complexity index is 1430. The van der Waals surface area contributed by atoms with Crippen molar-refractivity contribution in [1.82, 2.24) is 15.0 Å². The fourth-order valence-corrected chi connectivity index (χ4v) is 4.18. The van der Waals surface area contributed by atoms with Crippen molar-refractivity contribution in [2.24, 2.45) is 0 Å². The lowest BCUT2D eigenvalue weighted by atomic mass is 10.2. The third kappa shape index (κ3) is 6.20. The Hall–Kier alpha value is -4.36. The highest BCUT2D eigenvalue weighted by Crippen LogP contribution is 2.25. The third-order valence-electron chi connectivity index (χ3n) is 5.23. The first kappa shape index (κ1) is 24.8. The summed E-state index contributed by atoms with van der Waals surface area (Å²) in [7, 11) is 1.31. The van der Waals surface area contributed by atoms with Crippen LogP contribution in [0, 0.1) is 18.3 Å². The Morgan fingerprint density at radius 1 is 1.17 bits per heavy atom. The monoisotopic (exact) mass is 501 g/mol. The van der Waals surface area contributed by atoms with Gasteiger partial charge in [0.15, 0.2) is 11.4 Å². The summed E-state index contributed by atoms with van der Waals surface area (Å²) in [5.41, 5.74) is 3.33. The van der Waals surface area contributed by atoms with Gasteiger partial charge in [-0.2, -0.15) is 5.26 Å². The number of fused-ring (bicyclic) bond motifs is 1. The van der Waals surface area contributed by atoms with Crippen LogP contribution < -0.4 is 9.64 Å². The van der Waals surface area contributed by atoms with Gasteiger partial charge in [0.25, 0.3) is 0 Å². The van der Waals surface area contributed by atoms with Gasteiger partial charge < -0.3 is 14.5 Å². The Morgan fingerprint density at radius 2 is 1.97 bits per heavy atom. The average Bonchev–Trinajstić information content (AvgIpc) is 3.30. The SMILES string of the molecule is COC(=O)CCN(C(=O)Oc1cnc2nc(CSc3ccc(C#N)cc3)[nH]c2c1)c1cccc(C)c1. The summed E-state index contributed by atoms with van der Waals surface area (Å²) in [6.45, 7) is 2.02. The predicted octanol–water partition coefficient (Wildman–Crippen LogP) is 5.00. The smallest absolute Gasteiger partial charge is 0.419 e. The number of hydrogen-bond donors (Lipinski definition) is 1.